The minimum atomic E-state index is -0.394. The van der Waals surface area contributed by atoms with Crippen molar-refractivity contribution in [3.05, 3.63) is 46.0 Å². The van der Waals surface area contributed by atoms with Gasteiger partial charge in [0, 0.05) is 43.0 Å². The van der Waals surface area contributed by atoms with E-state index < -0.39 is 4.92 Å². The Bertz CT molecular complexity index is 1280. The van der Waals surface area contributed by atoms with E-state index in [-0.39, 0.29) is 11.6 Å². The van der Waals surface area contributed by atoms with E-state index in [1.54, 1.807) is 12.1 Å². The van der Waals surface area contributed by atoms with Crippen LogP contribution in [-0.4, -0.2) is 77.2 Å². The fourth-order valence-electron chi connectivity index (χ4n) is 4.94. The molecule has 0 spiro atoms. The Kier molecular flexibility index (Phi) is 6.40. The number of non-ortho nitro benzene ring substituents is 1. The van der Waals surface area contributed by atoms with Crippen LogP contribution in [-0.2, 0) is 6.54 Å². The first kappa shape index (κ1) is 23.3. The number of fused-ring (bicyclic) bond motifs is 2. The third-order valence-corrected chi connectivity index (χ3v) is 6.81. The standard InChI is InChI=1S/C25H31N7O3/c1-29(2)13-10-26-25(33)18-7-9-21-22-23(18)27-20-8-6-17(32(34)35)16-19(20)24(22)28-31(21)15-14-30-11-4-3-5-12-30/h6-9,16,27H,3-5,10-15H2,1-2H3,(H,26,33). The summed E-state index contributed by atoms with van der Waals surface area (Å²) in [5.41, 5.74) is 4.23. The first-order valence-corrected chi connectivity index (χ1v) is 12.2. The van der Waals surface area contributed by atoms with Crippen molar-refractivity contribution in [1.29, 1.82) is 0 Å². The van der Waals surface area contributed by atoms with Gasteiger partial charge in [0.25, 0.3) is 11.6 Å². The topological polar surface area (TPSA) is 109 Å². The lowest BCUT2D eigenvalue weighted by Crippen LogP contribution is -2.32. The number of amides is 1. The number of carbonyl (C=O) groups is 1. The summed E-state index contributed by atoms with van der Waals surface area (Å²) in [5.74, 6) is -0.159. The van der Waals surface area contributed by atoms with Gasteiger partial charge in [-0.25, -0.2) is 0 Å². The maximum absolute atomic E-state index is 13.1. The molecule has 0 radical (unpaired) electrons. The zero-order valence-electron chi connectivity index (χ0n) is 20.2. The zero-order chi connectivity index (χ0) is 24.5. The number of piperidine rings is 1. The van der Waals surface area contributed by atoms with Crippen LogP contribution in [0.2, 0.25) is 0 Å². The first-order chi connectivity index (χ1) is 16.9. The van der Waals surface area contributed by atoms with Crippen LogP contribution in [0.25, 0.3) is 22.2 Å². The van der Waals surface area contributed by atoms with Crippen LogP contribution in [0.5, 0.6) is 0 Å². The minimum Gasteiger partial charge on any atom is -0.354 e. The van der Waals surface area contributed by atoms with Gasteiger partial charge < -0.3 is 20.4 Å². The highest BCUT2D eigenvalue weighted by molar-refractivity contribution is 6.16. The molecule has 10 nitrogen and oxygen atoms in total. The van der Waals surface area contributed by atoms with E-state index in [0.29, 0.717) is 41.3 Å². The summed E-state index contributed by atoms with van der Waals surface area (Å²) in [6.07, 6.45) is 3.74. The van der Waals surface area contributed by atoms with Crippen LogP contribution in [0.1, 0.15) is 29.6 Å². The van der Waals surface area contributed by atoms with Gasteiger partial charge in [-0.3, -0.25) is 19.6 Å². The number of nitro groups is 1. The number of likely N-dealkylation sites (N-methyl/N-ethyl adjacent to an activating group) is 1. The van der Waals surface area contributed by atoms with Gasteiger partial charge in [0.1, 0.15) is 5.69 Å². The van der Waals surface area contributed by atoms with Crippen LogP contribution in [0, 0.1) is 10.1 Å². The molecule has 2 aliphatic heterocycles. The van der Waals surface area contributed by atoms with Crippen molar-refractivity contribution in [2.45, 2.75) is 25.8 Å². The number of hydrogen-bond acceptors (Lipinski definition) is 7. The number of nitro benzene ring substituents is 1. The van der Waals surface area contributed by atoms with Gasteiger partial charge in [-0.15, -0.1) is 0 Å². The average Bonchev–Trinajstić information content (AvgIpc) is 3.23. The Hall–Kier alpha value is -3.50. The molecule has 1 fully saturated rings. The molecular formula is C25H31N7O3. The van der Waals surface area contributed by atoms with Gasteiger partial charge in [-0.05, 0) is 58.2 Å². The monoisotopic (exact) mass is 477 g/mol. The summed E-state index contributed by atoms with van der Waals surface area (Å²) >= 11 is 0. The summed E-state index contributed by atoms with van der Waals surface area (Å²) in [6, 6.07) is 8.51. The Labute approximate surface area is 204 Å². The molecule has 1 saturated heterocycles. The number of likely N-dealkylation sites (tertiary alicyclic amines) is 1. The molecule has 2 aliphatic rings. The SMILES string of the molecule is CN(C)CCNC(=O)c1ccc2c3c(nn2CCN2CCCCC2)-c2cc([N+](=O)[O-])ccc2Nc13. The third-order valence-electron chi connectivity index (χ3n) is 6.81. The number of benzene rings is 2. The van der Waals surface area contributed by atoms with Gasteiger partial charge in [-0.2, -0.15) is 5.10 Å². The van der Waals surface area contributed by atoms with Crippen molar-refractivity contribution in [2.24, 2.45) is 0 Å². The average molecular weight is 478 g/mol. The molecule has 184 valence electrons. The summed E-state index contributed by atoms with van der Waals surface area (Å²) < 4.78 is 1.98. The normalized spacial score (nSPS) is 15.2. The van der Waals surface area contributed by atoms with E-state index in [0.717, 1.165) is 37.1 Å². The molecule has 10 heteroatoms. The molecule has 5 rings (SSSR count). The van der Waals surface area contributed by atoms with E-state index in [1.807, 2.05) is 35.8 Å². The number of nitrogens with zero attached hydrogens (tertiary/aromatic N) is 5. The summed E-state index contributed by atoms with van der Waals surface area (Å²) in [7, 11) is 3.93. The Morgan fingerprint density at radius 1 is 1.17 bits per heavy atom. The summed E-state index contributed by atoms with van der Waals surface area (Å²) in [5, 5.41) is 23.6. The van der Waals surface area contributed by atoms with Crippen molar-refractivity contribution in [2.75, 3.05) is 52.1 Å². The second-order valence-electron chi connectivity index (χ2n) is 9.53. The number of hydrogen-bond donors (Lipinski definition) is 2. The molecule has 1 amide bonds. The number of carbonyl (C=O) groups excluding carboxylic acids is 1. The van der Waals surface area contributed by atoms with Crippen LogP contribution < -0.4 is 10.6 Å². The van der Waals surface area contributed by atoms with Crippen LogP contribution in [0.3, 0.4) is 0 Å². The first-order valence-electron chi connectivity index (χ1n) is 12.2. The highest BCUT2D eigenvalue weighted by atomic mass is 16.6. The van der Waals surface area contributed by atoms with Crippen LogP contribution in [0.15, 0.2) is 30.3 Å². The molecule has 2 aromatic carbocycles. The highest BCUT2D eigenvalue weighted by Gasteiger charge is 2.28. The van der Waals surface area contributed by atoms with Crippen molar-refractivity contribution in [3.63, 3.8) is 0 Å². The van der Waals surface area contributed by atoms with E-state index in [9.17, 15) is 14.9 Å². The van der Waals surface area contributed by atoms with Crippen LogP contribution in [0.4, 0.5) is 17.1 Å². The summed E-state index contributed by atoms with van der Waals surface area (Å²) in [4.78, 5) is 28.6. The molecule has 3 heterocycles. The minimum absolute atomic E-state index is 0.0163. The number of aromatic nitrogens is 2. The molecule has 0 saturated carbocycles. The number of anilines is 2. The lowest BCUT2D eigenvalue weighted by Gasteiger charge is -2.26. The molecule has 0 bridgehead atoms. The second kappa shape index (κ2) is 9.63. The van der Waals surface area contributed by atoms with Crippen molar-refractivity contribution in [1.82, 2.24) is 24.9 Å². The van der Waals surface area contributed by atoms with Crippen molar-refractivity contribution >= 4 is 33.9 Å². The van der Waals surface area contributed by atoms with Crippen LogP contribution >= 0.6 is 0 Å². The predicted molar refractivity (Wildman–Crippen MR) is 136 cm³/mol. The molecule has 2 N–H and O–H groups in total. The van der Waals surface area contributed by atoms with Gasteiger partial charge in [0.05, 0.1) is 33.6 Å². The fourth-order valence-corrected chi connectivity index (χ4v) is 4.94. The number of nitrogens with one attached hydrogen (secondary N) is 2. The zero-order valence-corrected chi connectivity index (χ0v) is 20.2. The largest absolute Gasteiger partial charge is 0.354 e. The number of rotatable bonds is 8. The molecule has 3 aromatic rings. The van der Waals surface area contributed by atoms with E-state index in [2.05, 4.69) is 15.5 Å². The van der Waals surface area contributed by atoms with Gasteiger partial charge in [0.15, 0.2) is 0 Å². The molecule has 0 unspecified atom stereocenters. The molecular weight excluding hydrogens is 446 g/mol. The molecule has 35 heavy (non-hydrogen) atoms. The Morgan fingerprint density at radius 3 is 2.71 bits per heavy atom. The Morgan fingerprint density at radius 2 is 1.97 bits per heavy atom. The maximum atomic E-state index is 13.1. The lowest BCUT2D eigenvalue weighted by atomic mass is 9.96. The molecule has 1 aromatic heterocycles. The highest BCUT2D eigenvalue weighted by Crippen LogP contribution is 2.45. The molecule has 0 aliphatic carbocycles. The Balaban J connectivity index is 1.55. The van der Waals surface area contributed by atoms with E-state index >= 15 is 0 Å². The van der Waals surface area contributed by atoms with Crippen molar-refractivity contribution in [3.8, 4) is 11.3 Å². The van der Waals surface area contributed by atoms with Crippen molar-refractivity contribution < 1.29 is 9.72 Å². The lowest BCUT2D eigenvalue weighted by molar-refractivity contribution is -0.384. The van der Waals surface area contributed by atoms with E-state index in [4.69, 9.17) is 5.10 Å². The van der Waals surface area contributed by atoms with Gasteiger partial charge in [-0.1, -0.05) is 6.42 Å². The third kappa shape index (κ3) is 4.59. The summed E-state index contributed by atoms with van der Waals surface area (Å²) in [6.45, 7) is 5.09. The quantitative estimate of drug-likeness (QED) is 0.296. The predicted octanol–water partition coefficient (Wildman–Crippen LogP) is 3.45. The smallest absolute Gasteiger partial charge is 0.270 e. The molecule has 0 atom stereocenters. The van der Waals surface area contributed by atoms with Gasteiger partial charge in [0.2, 0.25) is 0 Å². The van der Waals surface area contributed by atoms with E-state index in [1.165, 1.54) is 25.3 Å². The second-order valence-corrected chi connectivity index (χ2v) is 9.53. The fraction of sp³-hybridized carbons (Fsp3) is 0.440. The van der Waals surface area contributed by atoms with Gasteiger partial charge >= 0.3 is 0 Å². The maximum Gasteiger partial charge on any atom is 0.270 e.